The molecule has 0 fully saturated rings. The van der Waals surface area contributed by atoms with Crippen LogP contribution in [0.2, 0.25) is 0 Å². The standard InChI is InChI=1S/C19H24S.C5H12.C2H2/c1-4-18(16-8-6-5-7-9-16)19(14-20-3)17-12-10-15(2)11-13-17;1-4-5(2)3;1-2/h5-13,18-19H,4,14H2,1-3H3;5H,4H2,1-3H3;1-2H. The van der Waals surface area contributed by atoms with E-state index < -0.39 is 0 Å². The Balaban J connectivity index is 0.000000838. The van der Waals surface area contributed by atoms with Crippen LogP contribution in [0.5, 0.6) is 0 Å². The molecule has 0 amide bonds. The lowest BCUT2D eigenvalue weighted by molar-refractivity contribution is 0.566. The third-order valence-corrected chi connectivity index (χ3v) is 5.51. The van der Waals surface area contributed by atoms with Gasteiger partial charge in [0, 0.05) is 5.75 Å². The molecule has 0 radical (unpaired) electrons. The summed E-state index contributed by atoms with van der Waals surface area (Å²) in [6.45, 7) is 11.1. The van der Waals surface area contributed by atoms with E-state index in [0.717, 1.165) is 5.92 Å². The Hall–Kier alpha value is -1.65. The van der Waals surface area contributed by atoms with Crippen LogP contribution in [0.1, 0.15) is 69.1 Å². The van der Waals surface area contributed by atoms with Gasteiger partial charge in [0.25, 0.3) is 0 Å². The zero-order valence-corrected chi connectivity index (χ0v) is 18.9. The van der Waals surface area contributed by atoms with Crippen LogP contribution < -0.4 is 0 Å². The summed E-state index contributed by atoms with van der Waals surface area (Å²) in [6.07, 6.45) is 12.7. The van der Waals surface area contributed by atoms with E-state index in [0.29, 0.717) is 11.8 Å². The second-order valence-corrected chi connectivity index (χ2v) is 8.11. The second-order valence-electron chi connectivity index (χ2n) is 7.20. The molecule has 2 aromatic rings. The summed E-state index contributed by atoms with van der Waals surface area (Å²) in [6, 6.07) is 20.0. The Bertz CT molecular complexity index is 595. The molecule has 0 nitrogen and oxygen atoms in total. The van der Waals surface area contributed by atoms with Crippen molar-refractivity contribution >= 4 is 11.8 Å². The van der Waals surface area contributed by atoms with Crippen LogP contribution in [-0.2, 0) is 0 Å². The van der Waals surface area contributed by atoms with Crippen molar-refractivity contribution in [3.05, 3.63) is 71.3 Å². The van der Waals surface area contributed by atoms with E-state index in [4.69, 9.17) is 0 Å². The van der Waals surface area contributed by atoms with Gasteiger partial charge in [-0.1, -0.05) is 94.3 Å². The van der Waals surface area contributed by atoms with Crippen LogP contribution >= 0.6 is 11.8 Å². The molecule has 2 rings (SSSR count). The van der Waals surface area contributed by atoms with Crippen LogP contribution in [0.15, 0.2) is 54.6 Å². The first-order chi connectivity index (χ1) is 13.0. The minimum atomic E-state index is 0.595. The number of hydrogen-bond donors (Lipinski definition) is 0. The maximum absolute atomic E-state index is 4.00. The molecule has 2 aromatic carbocycles. The fraction of sp³-hybridized carbons (Fsp3) is 0.462. The maximum Gasteiger partial charge on any atom is 0.000458 e. The largest absolute Gasteiger partial charge is 0.165 e. The first kappa shape index (κ1) is 25.4. The lowest BCUT2D eigenvalue weighted by atomic mass is 9.81. The fourth-order valence-electron chi connectivity index (χ4n) is 2.89. The van der Waals surface area contributed by atoms with Crippen molar-refractivity contribution in [1.29, 1.82) is 0 Å². The predicted octanol–water partition coefficient (Wildman–Crippen LogP) is 7.94. The third-order valence-electron chi connectivity index (χ3n) is 4.82. The van der Waals surface area contributed by atoms with Gasteiger partial charge in [0.15, 0.2) is 0 Å². The Morgan fingerprint density at radius 2 is 1.26 bits per heavy atom. The van der Waals surface area contributed by atoms with Crippen molar-refractivity contribution < 1.29 is 0 Å². The topological polar surface area (TPSA) is 0 Å². The summed E-state index contributed by atoms with van der Waals surface area (Å²) < 4.78 is 0. The SMILES string of the molecule is C#C.CCC(C)C.CCC(c1ccccc1)C(CSC)c1ccc(C)cc1. The molecule has 2 atom stereocenters. The molecule has 0 aliphatic heterocycles. The van der Waals surface area contributed by atoms with Crippen molar-refractivity contribution in [3.8, 4) is 12.8 Å². The highest BCUT2D eigenvalue weighted by Crippen LogP contribution is 2.37. The van der Waals surface area contributed by atoms with Crippen LogP contribution in [0.4, 0.5) is 0 Å². The summed E-state index contributed by atoms with van der Waals surface area (Å²) in [5.41, 5.74) is 4.28. The number of aryl methyl sites for hydroxylation is 1. The number of hydrogen-bond acceptors (Lipinski definition) is 1. The van der Waals surface area contributed by atoms with Gasteiger partial charge < -0.3 is 0 Å². The third kappa shape index (κ3) is 9.73. The van der Waals surface area contributed by atoms with Crippen LogP contribution in [0.25, 0.3) is 0 Å². The molecule has 0 bridgehead atoms. The summed E-state index contributed by atoms with van der Waals surface area (Å²) in [5, 5.41) is 0. The number of rotatable bonds is 7. The maximum atomic E-state index is 4.00. The molecule has 148 valence electrons. The minimum absolute atomic E-state index is 0.595. The van der Waals surface area contributed by atoms with Crippen LogP contribution in [-0.4, -0.2) is 12.0 Å². The predicted molar refractivity (Wildman–Crippen MR) is 127 cm³/mol. The molecule has 0 N–H and O–H groups in total. The van der Waals surface area contributed by atoms with Crippen molar-refractivity contribution in [1.82, 2.24) is 0 Å². The molecule has 1 heteroatoms. The van der Waals surface area contributed by atoms with Crippen molar-refractivity contribution in [3.63, 3.8) is 0 Å². The van der Waals surface area contributed by atoms with E-state index >= 15 is 0 Å². The van der Waals surface area contributed by atoms with E-state index in [1.165, 1.54) is 35.3 Å². The minimum Gasteiger partial charge on any atom is -0.165 e. The van der Waals surface area contributed by atoms with Crippen molar-refractivity contribution in [2.45, 2.75) is 59.3 Å². The van der Waals surface area contributed by atoms with Gasteiger partial charge in [-0.3, -0.25) is 0 Å². The van der Waals surface area contributed by atoms with Gasteiger partial charge in [-0.2, -0.15) is 11.8 Å². The van der Waals surface area contributed by atoms with E-state index in [1.54, 1.807) is 0 Å². The Morgan fingerprint density at radius 1 is 0.778 bits per heavy atom. The van der Waals surface area contributed by atoms with Gasteiger partial charge in [-0.15, -0.1) is 12.8 Å². The Morgan fingerprint density at radius 3 is 1.67 bits per heavy atom. The first-order valence-corrected chi connectivity index (χ1v) is 11.4. The van der Waals surface area contributed by atoms with E-state index in [1.807, 2.05) is 11.8 Å². The molecule has 0 aliphatic rings. The normalized spacial score (nSPS) is 12.2. The quantitative estimate of drug-likeness (QED) is 0.438. The molecule has 2 unspecified atom stereocenters. The number of terminal acetylenes is 1. The van der Waals surface area contributed by atoms with Crippen molar-refractivity contribution in [2.24, 2.45) is 5.92 Å². The molecule has 0 aliphatic carbocycles. The highest BCUT2D eigenvalue weighted by molar-refractivity contribution is 7.98. The zero-order chi connectivity index (χ0) is 20.7. The van der Waals surface area contributed by atoms with Gasteiger partial charge >= 0.3 is 0 Å². The number of benzene rings is 2. The second kappa shape index (κ2) is 15.4. The van der Waals surface area contributed by atoms with Crippen LogP contribution in [0, 0.1) is 25.7 Å². The average Bonchev–Trinajstić information content (AvgIpc) is 2.71. The molecule has 0 saturated carbocycles. The van der Waals surface area contributed by atoms with Gasteiger partial charge in [0.2, 0.25) is 0 Å². The van der Waals surface area contributed by atoms with Crippen LogP contribution in [0.3, 0.4) is 0 Å². The monoisotopic (exact) mass is 382 g/mol. The van der Waals surface area contributed by atoms with Crippen molar-refractivity contribution in [2.75, 3.05) is 12.0 Å². The molecule has 27 heavy (non-hydrogen) atoms. The summed E-state index contributed by atoms with van der Waals surface area (Å²) in [5.74, 6) is 3.26. The highest BCUT2D eigenvalue weighted by Gasteiger charge is 2.22. The molecular weight excluding hydrogens is 344 g/mol. The Kier molecular flexibility index (Phi) is 14.5. The summed E-state index contributed by atoms with van der Waals surface area (Å²) >= 11 is 1.95. The average molecular weight is 383 g/mol. The molecule has 0 saturated heterocycles. The Labute approximate surface area is 173 Å². The molecule has 0 aromatic heterocycles. The fourth-order valence-corrected chi connectivity index (χ4v) is 3.67. The van der Waals surface area contributed by atoms with Gasteiger partial charge in [-0.25, -0.2) is 0 Å². The van der Waals surface area contributed by atoms with Gasteiger partial charge in [0.1, 0.15) is 0 Å². The van der Waals surface area contributed by atoms with Gasteiger partial charge in [-0.05, 0) is 48.5 Å². The van der Waals surface area contributed by atoms with E-state index in [-0.39, 0.29) is 0 Å². The molecule has 0 spiro atoms. The molecular formula is C26H38S. The van der Waals surface area contributed by atoms with E-state index in [9.17, 15) is 0 Å². The number of thioether (sulfide) groups is 1. The smallest absolute Gasteiger partial charge is 0.000458 e. The highest BCUT2D eigenvalue weighted by atomic mass is 32.2. The summed E-state index contributed by atoms with van der Waals surface area (Å²) in [4.78, 5) is 0. The zero-order valence-electron chi connectivity index (χ0n) is 18.1. The van der Waals surface area contributed by atoms with E-state index in [2.05, 4.69) is 108 Å². The molecule has 0 heterocycles. The lowest BCUT2D eigenvalue weighted by Gasteiger charge is -2.27. The van der Waals surface area contributed by atoms with Gasteiger partial charge in [0.05, 0.1) is 0 Å². The lowest BCUT2D eigenvalue weighted by Crippen LogP contribution is -2.13. The first-order valence-electron chi connectivity index (χ1n) is 9.97. The summed E-state index contributed by atoms with van der Waals surface area (Å²) in [7, 11) is 0.